The average Bonchev–Trinajstić information content (AvgIpc) is 1.85. The summed E-state index contributed by atoms with van der Waals surface area (Å²) in [6.07, 6.45) is 0. The number of halogens is 4. The van der Waals surface area contributed by atoms with Crippen molar-refractivity contribution in [2.45, 2.75) is 4.90 Å². The standard InChI is InChI=1S/C6H2Br2F2S/c7-3-1-4(9)6(11-8)5(10)2-3/h1-2H. The second-order valence-electron chi connectivity index (χ2n) is 1.78. The highest BCUT2D eigenvalue weighted by molar-refractivity contribution is 9.50. The van der Waals surface area contributed by atoms with Gasteiger partial charge in [0, 0.05) is 4.47 Å². The van der Waals surface area contributed by atoms with Gasteiger partial charge in [-0.1, -0.05) is 15.9 Å². The third kappa shape index (κ3) is 2.16. The molecule has 0 amide bonds. The van der Waals surface area contributed by atoms with E-state index in [1.54, 1.807) is 0 Å². The zero-order valence-corrected chi connectivity index (χ0v) is 9.06. The maximum Gasteiger partial charge on any atom is 0.141 e. The minimum Gasteiger partial charge on any atom is -0.206 e. The normalized spacial score (nSPS) is 10.2. The van der Waals surface area contributed by atoms with Gasteiger partial charge in [0.1, 0.15) is 11.6 Å². The number of hydrogen-bond donors (Lipinski definition) is 0. The van der Waals surface area contributed by atoms with Crippen molar-refractivity contribution in [3.63, 3.8) is 0 Å². The van der Waals surface area contributed by atoms with E-state index in [0.717, 1.165) is 10.2 Å². The van der Waals surface area contributed by atoms with Gasteiger partial charge in [0.05, 0.1) is 4.90 Å². The number of rotatable bonds is 1. The minimum atomic E-state index is -0.571. The number of benzene rings is 1. The Balaban J connectivity index is 3.25. The van der Waals surface area contributed by atoms with Crippen LogP contribution in [0.3, 0.4) is 0 Å². The van der Waals surface area contributed by atoms with E-state index in [9.17, 15) is 8.78 Å². The minimum absolute atomic E-state index is 0.0202. The van der Waals surface area contributed by atoms with Crippen LogP contribution in [-0.4, -0.2) is 0 Å². The largest absolute Gasteiger partial charge is 0.206 e. The molecule has 0 aliphatic heterocycles. The molecule has 0 heterocycles. The van der Waals surface area contributed by atoms with Crippen LogP contribution in [0.25, 0.3) is 0 Å². The van der Waals surface area contributed by atoms with Crippen LogP contribution in [0.2, 0.25) is 0 Å². The molecule has 5 heteroatoms. The van der Waals surface area contributed by atoms with Gasteiger partial charge in [-0.2, -0.15) is 0 Å². The number of hydrogen-bond acceptors (Lipinski definition) is 1. The second kappa shape index (κ2) is 3.87. The SMILES string of the molecule is Fc1cc(Br)cc(F)c1SBr. The summed E-state index contributed by atoms with van der Waals surface area (Å²) in [5.41, 5.74) is 0. The summed E-state index contributed by atoms with van der Waals surface area (Å²) in [5, 5.41) is 0. The van der Waals surface area contributed by atoms with Crippen LogP contribution < -0.4 is 0 Å². The smallest absolute Gasteiger partial charge is 0.141 e. The maximum absolute atomic E-state index is 12.8. The molecule has 11 heavy (non-hydrogen) atoms. The van der Waals surface area contributed by atoms with Crippen molar-refractivity contribution < 1.29 is 8.78 Å². The quantitative estimate of drug-likeness (QED) is 0.752. The molecule has 1 rings (SSSR count). The first-order chi connectivity index (χ1) is 5.15. The molecule has 1 aromatic rings. The lowest BCUT2D eigenvalue weighted by Crippen LogP contribution is -1.84. The van der Waals surface area contributed by atoms with Gasteiger partial charge in [-0.05, 0) is 37.1 Å². The third-order valence-electron chi connectivity index (χ3n) is 1.04. The molecule has 0 saturated heterocycles. The van der Waals surface area contributed by atoms with Crippen molar-refractivity contribution in [3.8, 4) is 0 Å². The fourth-order valence-electron chi connectivity index (χ4n) is 0.603. The van der Waals surface area contributed by atoms with Crippen LogP contribution in [0.1, 0.15) is 0 Å². The van der Waals surface area contributed by atoms with Crippen molar-refractivity contribution >= 4 is 40.9 Å². The lowest BCUT2D eigenvalue weighted by molar-refractivity contribution is 0.540. The summed E-state index contributed by atoms with van der Waals surface area (Å²) in [5.74, 6) is -1.14. The summed E-state index contributed by atoms with van der Waals surface area (Å²) in [6.45, 7) is 0. The Labute approximate surface area is 82.7 Å². The lowest BCUT2D eigenvalue weighted by Gasteiger charge is -1.99. The molecule has 0 bridgehead atoms. The van der Waals surface area contributed by atoms with Gasteiger partial charge in [-0.25, -0.2) is 8.78 Å². The highest BCUT2D eigenvalue weighted by atomic mass is 79.9. The van der Waals surface area contributed by atoms with Gasteiger partial charge >= 0.3 is 0 Å². The average molecular weight is 304 g/mol. The molecular formula is C6H2Br2F2S. The van der Waals surface area contributed by atoms with Crippen LogP contribution in [0.4, 0.5) is 8.78 Å². The molecule has 0 fully saturated rings. The Hall–Kier alpha value is 0.390. The van der Waals surface area contributed by atoms with E-state index >= 15 is 0 Å². The highest BCUT2D eigenvalue weighted by Crippen LogP contribution is 2.31. The van der Waals surface area contributed by atoms with E-state index in [2.05, 4.69) is 30.7 Å². The topological polar surface area (TPSA) is 0 Å². The van der Waals surface area contributed by atoms with Crippen molar-refractivity contribution in [2.24, 2.45) is 0 Å². The van der Waals surface area contributed by atoms with E-state index in [4.69, 9.17) is 0 Å². The molecule has 0 unspecified atom stereocenters. The van der Waals surface area contributed by atoms with E-state index in [1.807, 2.05) is 0 Å². The van der Waals surface area contributed by atoms with Crippen molar-refractivity contribution in [1.29, 1.82) is 0 Å². The molecule has 0 saturated carbocycles. The van der Waals surface area contributed by atoms with E-state index in [1.165, 1.54) is 12.1 Å². The van der Waals surface area contributed by atoms with Crippen molar-refractivity contribution in [3.05, 3.63) is 28.2 Å². The van der Waals surface area contributed by atoms with Gasteiger partial charge in [0.2, 0.25) is 0 Å². The van der Waals surface area contributed by atoms with Gasteiger partial charge in [-0.15, -0.1) is 0 Å². The van der Waals surface area contributed by atoms with E-state index in [-0.39, 0.29) is 4.90 Å². The van der Waals surface area contributed by atoms with Gasteiger partial charge in [0.25, 0.3) is 0 Å². The maximum atomic E-state index is 12.8. The Morgan fingerprint density at radius 2 is 1.64 bits per heavy atom. The summed E-state index contributed by atoms with van der Waals surface area (Å²) < 4.78 is 26.0. The van der Waals surface area contributed by atoms with E-state index in [0.29, 0.717) is 4.47 Å². The Kier molecular flexibility index (Phi) is 3.33. The predicted molar refractivity (Wildman–Crippen MR) is 48.8 cm³/mol. The van der Waals surface area contributed by atoms with Crippen molar-refractivity contribution in [1.82, 2.24) is 0 Å². The molecule has 0 aliphatic carbocycles. The van der Waals surface area contributed by atoms with Crippen LogP contribution >= 0.6 is 40.9 Å². The first kappa shape index (κ1) is 9.48. The zero-order valence-electron chi connectivity index (χ0n) is 5.07. The fraction of sp³-hybridized carbons (Fsp3) is 0. The van der Waals surface area contributed by atoms with Crippen LogP contribution in [0, 0.1) is 11.6 Å². The summed E-state index contributed by atoms with van der Waals surface area (Å²) >= 11 is 5.88. The summed E-state index contributed by atoms with van der Waals surface area (Å²) in [4.78, 5) is -0.0202. The third-order valence-corrected chi connectivity index (χ3v) is 3.01. The van der Waals surface area contributed by atoms with Gasteiger partial charge < -0.3 is 0 Å². The van der Waals surface area contributed by atoms with Gasteiger partial charge in [0.15, 0.2) is 0 Å². The zero-order chi connectivity index (χ0) is 8.43. The van der Waals surface area contributed by atoms with Crippen LogP contribution in [-0.2, 0) is 0 Å². The molecule has 1 aromatic carbocycles. The summed E-state index contributed by atoms with van der Waals surface area (Å²) in [6, 6.07) is 2.43. The second-order valence-corrected chi connectivity index (χ2v) is 4.23. The van der Waals surface area contributed by atoms with E-state index < -0.39 is 11.6 Å². The first-order valence-electron chi connectivity index (χ1n) is 2.58. The van der Waals surface area contributed by atoms with Crippen molar-refractivity contribution in [2.75, 3.05) is 0 Å². The molecule has 60 valence electrons. The molecule has 0 N–H and O–H groups in total. The summed E-state index contributed by atoms with van der Waals surface area (Å²) in [7, 11) is 0.872. The first-order valence-corrected chi connectivity index (χ1v) is 6.03. The molecular weight excluding hydrogens is 302 g/mol. The highest BCUT2D eigenvalue weighted by Gasteiger charge is 2.09. The Morgan fingerprint density at radius 3 is 2.00 bits per heavy atom. The van der Waals surface area contributed by atoms with Gasteiger partial charge in [-0.3, -0.25) is 0 Å². The van der Waals surface area contributed by atoms with Crippen LogP contribution in [0.15, 0.2) is 21.5 Å². The fourth-order valence-corrected chi connectivity index (χ4v) is 2.20. The lowest BCUT2D eigenvalue weighted by atomic mass is 10.3. The molecule has 0 aliphatic rings. The molecule has 0 radical (unpaired) electrons. The van der Waals surface area contributed by atoms with Crippen LogP contribution in [0.5, 0.6) is 0 Å². The molecule has 0 spiro atoms. The molecule has 0 aromatic heterocycles. The monoisotopic (exact) mass is 302 g/mol. The Bertz CT molecular complexity index is 254. The molecule has 0 nitrogen and oxygen atoms in total. The predicted octanol–water partition coefficient (Wildman–Crippen LogP) is 4.13. The Morgan fingerprint density at radius 1 is 1.18 bits per heavy atom. The molecule has 0 atom stereocenters.